The minimum absolute atomic E-state index is 0. The van der Waals surface area contributed by atoms with Crippen LogP contribution in [0.15, 0.2) is 30.5 Å². The number of carbonyl (C=O) groups is 1. The number of rotatable bonds is 6. The van der Waals surface area contributed by atoms with Gasteiger partial charge in [-0.3, -0.25) is 9.69 Å². The summed E-state index contributed by atoms with van der Waals surface area (Å²) < 4.78 is 5.15. The van der Waals surface area contributed by atoms with Crippen LogP contribution in [-0.2, 0) is 0 Å². The first-order chi connectivity index (χ1) is 11.8. The van der Waals surface area contributed by atoms with Crippen molar-refractivity contribution in [1.82, 2.24) is 20.5 Å². The lowest BCUT2D eigenvalue weighted by Crippen LogP contribution is -2.46. The van der Waals surface area contributed by atoms with Gasteiger partial charge in [-0.1, -0.05) is 0 Å². The van der Waals surface area contributed by atoms with Crippen LogP contribution < -0.4 is 15.4 Å². The van der Waals surface area contributed by atoms with Crippen molar-refractivity contribution in [2.45, 2.75) is 0 Å². The number of hydrogen-bond acceptors (Lipinski definition) is 6. The van der Waals surface area contributed by atoms with Gasteiger partial charge in [-0.2, -0.15) is 0 Å². The van der Waals surface area contributed by atoms with Crippen molar-refractivity contribution in [1.29, 1.82) is 0 Å². The minimum Gasteiger partial charge on any atom is -0.497 e. The number of ether oxygens (including phenoxy) is 1. The van der Waals surface area contributed by atoms with E-state index in [2.05, 4.69) is 20.5 Å². The van der Waals surface area contributed by atoms with Crippen LogP contribution in [0.2, 0.25) is 0 Å². The first-order valence-corrected chi connectivity index (χ1v) is 8.89. The highest BCUT2D eigenvalue weighted by Gasteiger charge is 2.13. The van der Waals surface area contributed by atoms with Gasteiger partial charge >= 0.3 is 0 Å². The van der Waals surface area contributed by atoms with Gasteiger partial charge in [-0.05, 0) is 24.3 Å². The Morgan fingerprint density at radius 1 is 1.32 bits per heavy atom. The van der Waals surface area contributed by atoms with Gasteiger partial charge < -0.3 is 15.4 Å². The molecule has 0 atom stereocenters. The Hall–Kier alpha value is -1.67. The second kappa shape index (κ2) is 9.72. The summed E-state index contributed by atoms with van der Waals surface area (Å²) in [5, 5.41) is 7.14. The molecule has 8 heteroatoms. The number of thiazole rings is 1. The monoisotopic (exact) mass is 382 g/mol. The number of hydrogen-bond donors (Lipinski definition) is 2. The van der Waals surface area contributed by atoms with Crippen LogP contribution in [0.3, 0.4) is 0 Å². The van der Waals surface area contributed by atoms with E-state index in [4.69, 9.17) is 4.74 Å². The van der Waals surface area contributed by atoms with Crippen molar-refractivity contribution >= 4 is 29.7 Å². The molecule has 0 spiro atoms. The van der Waals surface area contributed by atoms with Crippen LogP contribution in [0.4, 0.5) is 0 Å². The highest BCUT2D eigenvalue weighted by Crippen LogP contribution is 2.26. The van der Waals surface area contributed by atoms with Crippen molar-refractivity contribution in [2.24, 2.45) is 0 Å². The number of halogens is 1. The van der Waals surface area contributed by atoms with Crippen molar-refractivity contribution in [2.75, 3.05) is 46.4 Å². The van der Waals surface area contributed by atoms with E-state index >= 15 is 0 Å². The quantitative estimate of drug-likeness (QED) is 0.798. The average Bonchev–Trinajstić information content (AvgIpc) is 3.13. The molecule has 1 aliphatic heterocycles. The predicted molar refractivity (Wildman–Crippen MR) is 103 cm³/mol. The van der Waals surface area contributed by atoms with E-state index in [0.29, 0.717) is 11.4 Å². The number of carbonyl (C=O) groups excluding carboxylic acids is 1. The summed E-state index contributed by atoms with van der Waals surface area (Å²) in [6.45, 7) is 5.67. The molecule has 2 heterocycles. The first-order valence-electron chi connectivity index (χ1n) is 8.08. The highest BCUT2D eigenvalue weighted by atomic mass is 35.5. The number of aromatic nitrogens is 1. The fraction of sp³-hybridized carbons (Fsp3) is 0.412. The standard InChI is InChI=1S/C17H22N4O2S.ClH/c1-23-14-4-2-13(3-5-14)17-20-12-15(24-17)16(22)19-8-11-21-9-6-18-7-10-21;/h2-5,12,18H,6-11H2,1H3,(H,19,22);1H. The maximum atomic E-state index is 12.2. The van der Waals surface area contributed by atoms with Crippen LogP contribution in [0.5, 0.6) is 5.75 Å². The molecule has 25 heavy (non-hydrogen) atoms. The number of piperazine rings is 1. The molecule has 2 N–H and O–H groups in total. The number of benzene rings is 1. The molecule has 2 aromatic rings. The van der Waals surface area contributed by atoms with Gasteiger partial charge in [0.15, 0.2) is 0 Å². The molecular weight excluding hydrogens is 360 g/mol. The first kappa shape index (κ1) is 19.7. The van der Waals surface area contributed by atoms with E-state index in [0.717, 1.165) is 49.0 Å². The molecule has 0 saturated carbocycles. The molecule has 0 bridgehead atoms. The van der Waals surface area contributed by atoms with Crippen LogP contribution in [0, 0.1) is 0 Å². The van der Waals surface area contributed by atoms with Gasteiger partial charge in [0.25, 0.3) is 5.91 Å². The third-order valence-corrected chi connectivity index (χ3v) is 5.03. The zero-order valence-electron chi connectivity index (χ0n) is 14.2. The third kappa shape index (κ3) is 5.40. The highest BCUT2D eigenvalue weighted by molar-refractivity contribution is 7.16. The van der Waals surface area contributed by atoms with Gasteiger partial charge in [0.05, 0.1) is 13.3 Å². The molecule has 0 radical (unpaired) electrons. The number of nitrogens with one attached hydrogen (secondary N) is 2. The maximum absolute atomic E-state index is 12.2. The molecule has 1 amide bonds. The van der Waals surface area contributed by atoms with Crippen molar-refractivity contribution in [3.63, 3.8) is 0 Å². The molecule has 0 aliphatic carbocycles. The van der Waals surface area contributed by atoms with E-state index < -0.39 is 0 Å². The van der Waals surface area contributed by atoms with E-state index in [9.17, 15) is 4.79 Å². The van der Waals surface area contributed by atoms with Crippen molar-refractivity contribution < 1.29 is 9.53 Å². The van der Waals surface area contributed by atoms with E-state index in [1.54, 1.807) is 13.3 Å². The Morgan fingerprint density at radius 3 is 2.72 bits per heavy atom. The molecule has 3 rings (SSSR count). The Bertz CT molecular complexity index is 672. The Morgan fingerprint density at radius 2 is 2.04 bits per heavy atom. The summed E-state index contributed by atoms with van der Waals surface area (Å²) in [4.78, 5) is 19.6. The summed E-state index contributed by atoms with van der Waals surface area (Å²) in [7, 11) is 1.64. The molecule has 0 unspecified atom stereocenters. The lowest BCUT2D eigenvalue weighted by atomic mass is 10.2. The second-order valence-corrected chi connectivity index (χ2v) is 6.64. The third-order valence-electron chi connectivity index (χ3n) is 3.99. The van der Waals surface area contributed by atoms with Gasteiger partial charge in [0, 0.05) is 44.8 Å². The van der Waals surface area contributed by atoms with E-state index in [1.807, 2.05) is 24.3 Å². The van der Waals surface area contributed by atoms with Crippen LogP contribution in [0.1, 0.15) is 9.67 Å². The Labute approximate surface area is 158 Å². The maximum Gasteiger partial charge on any atom is 0.263 e. The smallest absolute Gasteiger partial charge is 0.263 e. The van der Waals surface area contributed by atoms with Gasteiger partial charge in [-0.15, -0.1) is 23.7 Å². The van der Waals surface area contributed by atoms with Crippen LogP contribution in [0.25, 0.3) is 10.6 Å². The molecule has 1 saturated heterocycles. The van der Waals surface area contributed by atoms with Gasteiger partial charge in [0.2, 0.25) is 0 Å². The molecule has 1 aromatic carbocycles. The van der Waals surface area contributed by atoms with E-state index in [-0.39, 0.29) is 18.3 Å². The van der Waals surface area contributed by atoms with Crippen molar-refractivity contribution in [3.05, 3.63) is 35.3 Å². The summed E-state index contributed by atoms with van der Waals surface area (Å²) in [6, 6.07) is 7.68. The van der Waals surface area contributed by atoms with Gasteiger partial charge in [-0.25, -0.2) is 4.98 Å². The fourth-order valence-corrected chi connectivity index (χ4v) is 3.43. The second-order valence-electron chi connectivity index (χ2n) is 5.61. The zero-order chi connectivity index (χ0) is 16.8. The topological polar surface area (TPSA) is 66.5 Å². The molecule has 1 fully saturated rings. The van der Waals surface area contributed by atoms with Crippen LogP contribution >= 0.6 is 23.7 Å². The molecular formula is C17H23ClN4O2S. The van der Waals surface area contributed by atoms with Gasteiger partial charge in [0.1, 0.15) is 15.6 Å². The van der Waals surface area contributed by atoms with Crippen LogP contribution in [-0.4, -0.2) is 62.2 Å². The summed E-state index contributed by atoms with van der Waals surface area (Å²) in [5.74, 6) is 0.753. The molecule has 136 valence electrons. The Balaban J connectivity index is 0.00000225. The minimum atomic E-state index is -0.0533. The average molecular weight is 383 g/mol. The number of nitrogens with zero attached hydrogens (tertiary/aromatic N) is 2. The summed E-state index contributed by atoms with van der Waals surface area (Å²) >= 11 is 1.41. The normalized spacial score (nSPS) is 14.6. The lowest BCUT2D eigenvalue weighted by molar-refractivity contribution is 0.0951. The van der Waals surface area contributed by atoms with Crippen molar-refractivity contribution in [3.8, 4) is 16.3 Å². The predicted octanol–water partition coefficient (Wildman–Crippen LogP) is 1.88. The molecule has 1 aromatic heterocycles. The number of amides is 1. The summed E-state index contributed by atoms with van der Waals surface area (Å²) in [5.41, 5.74) is 0.987. The number of methoxy groups -OCH3 is 1. The molecule has 6 nitrogen and oxygen atoms in total. The fourth-order valence-electron chi connectivity index (χ4n) is 2.60. The molecule has 1 aliphatic rings. The largest absolute Gasteiger partial charge is 0.497 e. The lowest BCUT2D eigenvalue weighted by Gasteiger charge is -2.26. The van der Waals surface area contributed by atoms with E-state index in [1.165, 1.54) is 11.3 Å². The zero-order valence-corrected chi connectivity index (χ0v) is 15.8. The SMILES string of the molecule is COc1ccc(-c2ncc(C(=O)NCCN3CCNCC3)s2)cc1.Cl. The summed E-state index contributed by atoms with van der Waals surface area (Å²) in [6.07, 6.45) is 1.64. The Kier molecular flexibility index (Phi) is 7.64.